The number of fused-ring (bicyclic) bond motifs is 3. The number of Topliss-reactive ketones (excluding diaryl/α,β-unsaturated/α-hetero) is 1. The zero-order chi connectivity index (χ0) is 14.4. The molecule has 3 aromatic rings. The van der Waals surface area contributed by atoms with Gasteiger partial charge >= 0.3 is 0 Å². The number of rotatable bonds is 2. The monoisotopic (exact) mass is 267 g/mol. The standard InChI is InChI=1S/C16H17N3O/c1-5-12-7-14-13(11(4)20)6-9(2)18-15(14)16-10(3)17-8-19(12)16/h6-8H,5H2,1-4H3. The molecule has 0 amide bonds. The minimum Gasteiger partial charge on any atom is -0.301 e. The maximum Gasteiger partial charge on any atom is 0.160 e. The topological polar surface area (TPSA) is 47.3 Å². The van der Waals surface area contributed by atoms with Gasteiger partial charge in [-0.2, -0.15) is 0 Å². The maximum atomic E-state index is 11.9. The first kappa shape index (κ1) is 12.8. The highest BCUT2D eigenvalue weighted by molar-refractivity contribution is 6.09. The molecule has 0 spiro atoms. The van der Waals surface area contributed by atoms with Crippen molar-refractivity contribution >= 4 is 22.2 Å². The van der Waals surface area contributed by atoms with Crippen LogP contribution in [0.25, 0.3) is 16.4 Å². The fourth-order valence-electron chi connectivity index (χ4n) is 2.75. The van der Waals surface area contributed by atoms with Crippen LogP contribution in [0, 0.1) is 13.8 Å². The van der Waals surface area contributed by atoms with E-state index in [0.717, 1.165) is 45.5 Å². The van der Waals surface area contributed by atoms with Crippen LogP contribution in [0.3, 0.4) is 0 Å². The van der Waals surface area contributed by atoms with Crippen LogP contribution in [-0.4, -0.2) is 20.2 Å². The first-order valence-corrected chi connectivity index (χ1v) is 6.80. The number of carbonyl (C=O) groups excluding carboxylic acids is 1. The average molecular weight is 267 g/mol. The molecule has 3 rings (SSSR count). The quantitative estimate of drug-likeness (QED) is 0.669. The molecule has 0 aliphatic heterocycles. The fraction of sp³-hybridized carbons (Fsp3) is 0.312. The summed E-state index contributed by atoms with van der Waals surface area (Å²) in [5.74, 6) is 0.0732. The zero-order valence-corrected chi connectivity index (χ0v) is 12.2. The van der Waals surface area contributed by atoms with E-state index in [1.54, 1.807) is 6.92 Å². The van der Waals surface area contributed by atoms with Gasteiger partial charge in [-0.15, -0.1) is 0 Å². The van der Waals surface area contributed by atoms with E-state index >= 15 is 0 Å². The summed E-state index contributed by atoms with van der Waals surface area (Å²) in [5, 5.41) is 0.927. The third kappa shape index (κ3) is 1.72. The van der Waals surface area contributed by atoms with Crippen LogP contribution in [0.15, 0.2) is 18.5 Å². The fourth-order valence-corrected chi connectivity index (χ4v) is 2.75. The van der Waals surface area contributed by atoms with Crippen molar-refractivity contribution in [3.63, 3.8) is 0 Å². The number of pyridine rings is 2. The molecular weight excluding hydrogens is 250 g/mol. The Labute approximate surface area is 117 Å². The van der Waals surface area contributed by atoms with Crippen LogP contribution in [-0.2, 0) is 6.42 Å². The van der Waals surface area contributed by atoms with E-state index in [1.807, 2.05) is 26.2 Å². The Hall–Kier alpha value is -2.23. The SMILES string of the molecule is CCc1cc2c(C(C)=O)cc(C)nc2c2c(C)ncn12. The lowest BCUT2D eigenvalue weighted by Gasteiger charge is -2.11. The Balaban J connectivity index is 2.60. The Morgan fingerprint density at radius 2 is 2.05 bits per heavy atom. The van der Waals surface area contributed by atoms with Crippen LogP contribution in [0.5, 0.6) is 0 Å². The molecule has 0 aliphatic rings. The van der Waals surface area contributed by atoms with Crippen molar-refractivity contribution in [2.24, 2.45) is 0 Å². The molecule has 0 saturated heterocycles. The second-order valence-electron chi connectivity index (χ2n) is 5.17. The number of hydrogen-bond acceptors (Lipinski definition) is 3. The third-order valence-electron chi connectivity index (χ3n) is 3.72. The van der Waals surface area contributed by atoms with Gasteiger partial charge < -0.3 is 4.40 Å². The minimum atomic E-state index is 0.0732. The van der Waals surface area contributed by atoms with Crippen molar-refractivity contribution in [2.45, 2.75) is 34.1 Å². The van der Waals surface area contributed by atoms with Crippen LogP contribution in [0.2, 0.25) is 0 Å². The van der Waals surface area contributed by atoms with Gasteiger partial charge in [-0.1, -0.05) is 6.92 Å². The van der Waals surface area contributed by atoms with Crippen molar-refractivity contribution in [1.82, 2.24) is 14.4 Å². The summed E-state index contributed by atoms with van der Waals surface area (Å²) < 4.78 is 2.08. The van der Waals surface area contributed by atoms with Gasteiger partial charge in [0, 0.05) is 22.3 Å². The van der Waals surface area contributed by atoms with E-state index in [-0.39, 0.29) is 5.78 Å². The number of aromatic nitrogens is 3. The molecule has 4 heteroatoms. The molecule has 0 radical (unpaired) electrons. The lowest BCUT2D eigenvalue weighted by molar-refractivity contribution is 0.101. The molecule has 3 heterocycles. The molecule has 0 atom stereocenters. The molecule has 102 valence electrons. The molecule has 0 aromatic carbocycles. The van der Waals surface area contributed by atoms with Crippen LogP contribution >= 0.6 is 0 Å². The first-order chi connectivity index (χ1) is 9.52. The molecule has 0 unspecified atom stereocenters. The predicted octanol–water partition coefficient (Wildman–Crippen LogP) is 3.26. The average Bonchev–Trinajstić information content (AvgIpc) is 2.79. The van der Waals surface area contributed by atoms with Gasteiger partial charge in [0.05, 0.1) is 23.1 Å². The lowest BCUT2D eigenvalue weighted by Crippen LogP contribution is -2.02. The number of carbonyl (C=O) groups is 1. The largest absolute Gasteiger partial charge is 0.301 e. The summed E-state index contributed by atoms with van der Waals surface area (Å²) in [5.41, 5.74) is 5.55. The molecule has 0 fully saturated rings. The molecule has 3 aromatic heterocycles. The normalized spacial score (nSPS) is 11.4. The Morgan fingerprint density at radius 3 is 2.70 bits per heavy atom. The second-order valence-corrected chi connectivity index (χ2v) is 5.17. The van der Waals surface area contributed by atoms with E-state index < -0.39 is 0 Å². The highest BCUT2D eigenvalue weighted by Crippen LogP contribution is 2.27. The van der Waals surface area contributed by atoms with E-state index in [0.29, 0.717) is 0 Å². The predicted molar refractivity (Wildman–Crippen MR) is 79.3 cm³/mol. The summed E-state index contributed by atoms with van der Waals surface area (Å²) in [4.78, 5) is 21.0. The third-order valence-corrected chi connectivity index (χ3v) is 3.72. The van der Waals surface area contributed by atoms with Gasteiger partial charge in [0.25, 0.3) is 0 Å². The zero-order valence-electron chi connectivity index (χ0n) is 12.2. The molecular formula is C16H17N3O. The van der Waals surface area contributed by atoms with Crippen molar-refractivity contribution in [1.29, 1.82) is 0 Å². The van der Waals surface area contributed by atoms with Gasteiger partial charge in [0.1, 0.15) is 0 Å². The summed E-state index contributed by atoms with van der Waals surface area (Å²) in [6.07, 6.45) is 2.72. The highest BCUT2D eigenvalue weighted by Gasteiger charge is 2.15. The smallest absolute Gasteiger partial charge is 0.160 e. The first-order valence-electron chi connectivity index (χ1n) is 6.80. The molecule has 0 saturated carbocycles. The van der Waals surface area contributed by atoms with E-state index in [1.165, 1.54) is 0 Å². The Morgan fingerprint density at radius 1 is 1.30 bits per heavy atom. The summed E-state index contributed by atoms with van der Waals surface area (Å²) in [7, 11) is 0. The molecule has 0 bridgehead atoms. The van der Waals surface area contributed by atoms with Crippen molar-refractivity contribution in [2.75, 3.05) is 0 Å². The van der Waals surface area contributed by atoms with Crippen LogP contribution in [0.1, 0.15) is 41.3 Å². The Kier molecular flexibility index (Phi) is 2.82. The van der Waals surface area contributed by atoms with Gasteiger partial charge in [-0.05, 0) is 39.3 Å². The van der Waals surface area contributed by atoms with Crippen LogP contribution in [0.4, 0.5) is 0 Å². The number of ketones is 1. The van der Waals surface area contributed by atoms with Gasteiger partial charge in [0.15, 0.2) is 5.78 Å². The highest BCUT2D eigenvalue weighted by atomic mass is 16.1. The Bertz CT molecular complexity index is 846. The number of aryl methyl sites for hydroxylation is 3. The van der Waals surface area contributed by atoms with Crippen molar-refractivity contribution in [3.05, 3.63) is 41.1 Å². The van der Waals surface area contributed by atoms with E-state index in [9.17, 15) is 4.79 Å². The molecule has 4 nitrogen and oxygen atoms in total. The van der Waals surface area contributed by atoms with Gasteiger partial charge in [-0.25, -0.2) is 4.98 Å². The second kappa shape index (κ2) is 4.40. The lowest BCUT2D eigenvalue weighted by atomic mass is 10.0. The number of hydrogen-bond donors (Lipinski definition) is 0. The number of nitrogens with zero attached hydrogens (tertiary/aromatic N) is 3. The summed E-state index contributed by atoms with van der Waals surface area (Å²) in [6.45, 7) is 7.60. The number of imidazole rings is 1. The maximum absolute atomic E-state index is 11.9. The summed E-state index contributed by atoms with van der Waals surface area (Å²) >= 11 is 0. The van der Waals surface area contributed by atoms with Crippen LogP contribution < -0.4 is 0 Å². The minimum absolute atomic E-state index is 0.0732. The molecule has 0 aliphatic carbocycles. The molecule has 20 heavy (non-hydrogen) atoms. The van der Waals surface area contributed by atoms with Gasteiger partial charge in [0.2, 0.25) is 0 Å². The summed E-state index contributed by atoms with van der Waals surface area (Å²) in [6, 6.07) is 3.93. The van der Waals surface area contributed by atoms with Crippen molar-refractivity contribution < 1.29 is 4.79 Å². The van der Waals surface area contributed by atoms with E-state index in [2.05, 4.69) is 27.4 Å². The van der Waals surface area contributed by atoms with Gasteiger partial charge in [-0.3, -0.25) is 9.78 Å². The van der Waals surface area contributed by atoms with E-state index in [4.69, 9.17) is 0 Å². The molecule has 0 N–H and O–H groups in total. The van der Waals surface area contributed by atoms with Crippen molar-refractivity contribution in [3.8, 4) is 0 Å².